The van der Waals surface area contributed by atoms with E-state index in [2.05, 4.69) is 525 Å². The van der Waals surface area contributed by atoms with E-state index in [-0.39, 0.29) is 7.43 Å². The second-order valence-corrected chi connectivity index (χ2v) is 38.0. The molecule has 0 radical (unpaired) electrons. The maximum atomic E-state index is 6.77. The van der Waals surface area contributed by atoms with Gasteiger partial charge in [0.15, 0.2) is 0 Å². The molecule has 26 aromatic rings. The highest BCUT2D eigenvalue weighted by Crippen LogP contribution is 2.65. The summed E-state index contributed by atoms with van der Waals surface area (Å²) in [6, 6.07) is 182. The van der Waals surface area contributed by atoms with Gasteiger partial charge in [-0.2, -0.15) is 0 Å². The van der Waals surface area contributed by atoms with Gasteiger partial charge in [-0.15, -0.1) is 0 Å². The van der Waals surface area contributed by atoms with Gasteiger partial charge in [0.1, 0.15) is 23.0 Å². The van der Waals surface area contributed by atoms with Crippen LogP contribution in [0.3, 0.4) is 0 Å². The highest BCUT2D eigenvalue weighted by Gasteiger charge is 2.52. The van der Waals surface area contributed by atoms with Crippen LogP contribution in [0, 0.1) is 0 Å². The van der Waals surface area contributed by atoms with Gasteiger partial charge < -0.3 is 33.4 Å². The topological polar surface area (TPSA) is 48.5 Å². The molecule has 30 rings (SSSR count). The quantitative estimate of drug-likeness (QED) is 0.165. The molecule has 3 aromatic heterocycles. The van der Waals surface area contributed by atoms with Crippen LogP contribution < -0.4 is 19.7 Å². The molecule has 0 bridgehead atoms. The van der Waals surface area contributed by atoms with Crippen molar-refractivity contribution in [3.63, 3.8) is 0 Å². The molecule has 2 aliphatic carbocycles. The summed E-state index contributed by atoms with van der Waals surface area (Å²) in [6.45, 7) is 0. The van der Waals surface area contributed by atoms with E-state index in [1.807, 2.05) is 24.3 Å². The van der Waals surface area contributed by atoms with Crippen molar-refractivity contribution in [3.05, 3.63) is 564 Å². The van der Waals surface area contributed by atoms with E-state index < -0.39 is 10.8 Å². The summed E-state index contributed by atoms with van der Waals surface area (Å²) in [7, 11) is 0. The van der Waals surface area contributed by atoms with Gasteiger partial charge in [-0.1, -0.05) is 393 Å². The van der Waals surface area contributed by atoms with Gasteiger partial charge in [0.25, 0.3) is 0 Å². The molecule has 0 amide bonds. The molecule has 0 fully saturated rings. The van der Waals surface area contributed by atoms with E-state index in [0.717, 1.165) is 94.4 Å². The summed E-state index contributed by atoms with van der Waals surface area (Å²) in [4.78, 5) is 2.47. The van der Waals surface area contributed by atoms with Gasteiger partial charge in [-0.25, -0.2) is 0 Å². The van der Waals surface area contributed by atoms with Crippen molar-refractivity contribution in [1.29, 1.82) is 0 Å². The number of ether oxygens (including phenoxy) is 2. The Morgan fingerprint density at radius 1 is 0.239 bits per heavy atom. The van der Waals surface area contributed by atoms with Gasteiger partial charge in [0.05, 0.1) is 49.6 Å². The van der Waals surface area contributed by atoms with Gasteiger partial charge in [-0.3, -0.25) is 0 Å². The lowest BCUT2D eigenvalue weighted by Gasteiger charge is -2.45. The van der Waals surface area contributed by atoms with Gasteiger partial charge in [0, 0.05) is 115 Å². The Bertz CT molecular complexity index is 9440. The number of para-hydroxylation sites is 10. The van der Waals surface area contributed by atoms with E-state index in [9.17, 15) is 0 Å². The monoisotopic (exact) mass is 1900 g/mol. The van der Waals surface area contributed by atoms with Gasteiger partial charge in [-0.05, 0) is 228 Å². The fourth-order valence-electron chi connectivity index (χ4n) is 23.4. The minimum Gasteiger partial charge on any atom is -0.457 e. The average molecular weight is 1900 g/mol. The Labute approximate surface area is 835 Å². The molecule has 0 saturated heterocycles. The van der Waals surface area contributed by atoms with E-state index in [0.29, 0.717) is 0 Å². The number of fused-ring (bicyclic) bond motifs is 27. The summed E-state index contributed by atoms with van der Waals surface area (Å²) in [5, 5.41) is 21.9. The first-order chi connectivity index (χ1) is 69.8. The fourth-order valence-corrected chi connectivity index (χ4v) is 24.0. The molecule has 142 heavy (non-hydrogen) atoms. The lowest BCUT2D eigenvalue weighted by Crippen LogP contribution is -2.36. The Morgan fingerprint density at radius 2 is 0.585 bits per heavy atom. The number of nitrogens with zero attached hydrogens (tertiary/aromatic N) is 4. The van der Waals surface area contributed by atoms with Crippen LogP contribution in [0.2, 0.25) is 5.02 Å². The zero-order valence-electron chi connectivity index (χ0n) is 76.4. The van der Waals surface area contributed by atoms with Crippen LogP contribution >= 0.6 is 27.5 Å². The maximum absolute atomic E-state index is 6.77. The van der Waals surface area contributed by atoms with Crippen molar-refractivity contribution in [1.82, 2.24) is 13.7 Å². The van der Waals surface area contributed by atoms with Crippen LogP contribution in [-0.2, 0) is 10.8 Å². The molecule has 0 saturated carbocycles. The first kappa shape index (κ1) is 84.9. The molecular weight excluding hydrogens is 1810 g/mol. The van der Waals surface area contributed by atoms with Crippen molar-refractivity contribution in [2.24, 2.45) is 0 Å². The first-order valence-corrected chi connectivity index (χ1v) is 49.1. The van der Waals surface area contributed by atoms with Gasteiger partial charge >= 0.3 is 0 Å². The second-order valence-electron chi connectivity index (χ2n) is 36.7. The third kappa shape index (κ3) is 13.5. The van der Waals surface area contributed by atoms with Crippen molar-refractivity contribution in [3.8, 4) is 62.3 Å². The molecule has 4 aliphatic rings. The van der Waals surface area contributed by atoms with E-state index in [1.54, 1.807) is 0 Å². The summed E-state index contributed by atoms with van der Waals surface area (Å²) in [5.41, 5.74) is 29.6. The van der Waals surface area contributed by atoms with Crippen LogP contribution in [0.15, 0.2) is 514 Å². The molecule has 2 spiro atoms. The lowest BCUT2D eigenvalue weighted by atomic mass is 9.58. The Hall–Kier alpha value is -17.5. The summed E-state index contributed by atoms with van der Waals surface area (Å²) < 4.78 is 21.3. The lowest BCUT2D eigenvalue weighted by molar-refractivity contribution is 0.435. The zero-order valence-corrected chi connectivity index (χ0v) is 78.7. The third-order valence-electron chi connectivity index (χ3n) is 29.2. The van der Waals surface area contributed by atoms with Crippen LogP contribution in [0.5, 0.6) is 23.0 Å². The smallest absolute Gasteiger partial charge is 0.132 e. The fraction of sp³-hybridized carbons (Fsp3) is 0.0226. The molecule has 9 heteroatoms. The van der Waals surface area contributed by atoms with E-state index >= 15 is 0 Å². The van der Waals surface area contributed by atoms with E-state index in [4.69, 9.17) is 21.1 Å². The summed E-state index contributed by atoms with van der Waals surface area (Å²) in [5.74, 6) is 3.55. The highest BCUT2D eigenvalue weighted by molar-refractivity contribution is 9.10. The summed E-state index contributed by atoms with van der Waals surface area (Å²) >= 11 is 10.2. The normalized spacial score (nSPS) is 12.7. The maximum Gasteiger partial charge on any atom is 0.132 e. The molecule has 23 aromatic carbocycles. The van der Waals surface area contributed by atoms with Crippen molar-refractivity contribution in [2.75, 3.05) is 10.2 Å². The molecule has 2 aliphatic heterocycles. The molecule has 7 nitrogen and oxygen atoms in total. The first-order valence-electron chi connectivity index (χ1n) is 48.0. The minimum absolute atomic E-state index is 0. The molecule has 0 atom stereocenters. The largest absolute Gasteiger partial charge is 0.457 e. The predicted molar refractivity (Wildman–Crippen MR) is 597 cm³/mol. The summed E-state index contributed by atoms with van der Waals surface area (Å²) in [6.07, 6.45) is 0. The molecular formula is C133H89BrClN5O2. The standard InChI is InChI=1S/C57H36N2O.C29H17ClO.C28H20N2.C18H12BrN.CH4/c1-2-19-39(20-3-1)59-52-27-9-6-22-44(52)45-34-32-41(36-53(45)59)58(51-28-14-16-37-15-4-5-21-42(37)51)40-31-33-43-46-23-12-17-38-18-13-26-49(56(38)46)57(50(43)35-40)47-24-7-10-29-54(47)60-55-30-11-8-25-48(55)57;30-19-15-16-20-21-9-5-7-18-8-6-12-24(28(18)21)29(25(20)17-19)22-10-1-3-13-26(22)31-27-14-4-2-11-23(27)29;1-2-11-22(12-3-1)30-27-16-7-6-14-24(27)25-18-17-21(19-28(25)30)29-26-15-8-10-20-9-4-5-13-23(20)26;19-13-10-11-16-15-8-4-5-9-17(15)20(18(16)12-13)14-6-2-1-3-7-14;/h1-36H;1-17H;1-19,29H;1-12H;1H4. The number of nitrogens with one attached hydrogen (secondary N) is 1. The number of hydrogen-bond donors (Lipinski definition) is 1. The van der Waals surface area contributed by atoms with Crippen LogP contribution in [-0.4, -0.2) is 13.7 Å². The third-order valence-corrected chi connectivity index (χ3v) is 29.9. The zero-order chi connectivity index (χ0) is 93.4. The number of benzene rings is 23. The number of hydrogen-bond acceptors (Lipinski definition) is 4. The van der Waals surface area contributed by atoms with Crippen molar-refractivity contribution in [2.45, 2.75) is 18.3 Å². The Kier molecular flexibility index (Phi) is 20.7. The highest BCUT2D eigenvalue weighted by atomic mass is 79.9. The number of aromatic nitrogens is 3. The average Bonchev–Trinajstić information content (AvgIpc) is 0.740. The number of anilines is 5. The molecule has 1 N–H and O–H groups in total. The molecule has 0 unspecified atom stereocenters. The second kappa shape index (κ2) is 34.6. The van der Waals surface area contributed by atoms with Crippen LogP contribution in [0.25, 0.3) is 148 Å². The predicted octanol–water partition coefficient (Wildman–Crippen LogP) is 36.9. The molecule has 5 heterocycles. The minimum atomic E-state index is -0.654. The Balaban J connectivity index is 0.000000106. The van der Waals surface area contributed by atoms with Crippen LogP contribution in [0.1, 0.15) is 51.9 Å². The number of halogens is 2. The van der Waals surface area contributed by atoms with Crippen molar-refractivity contribution >= 4 is 164 Å². The van der Waals surface area contributed by atoms with Crippen LogP contribution in [0.4, 0.5) is 28.4 Å². The van der Waals surface area contributed by atoms with Gasteiger partial charge in [0.2, 0.25) is 0 Å². The number of rotatable bonds is 8. The van der Waals surface area contributed by atoms with E-state index in [1.165, 1.54) is 159 Å². The van der Waals surface area contributed by atoms with Crippen molar-refractivity contribution < 1.29 is 9.47 Å². The molecule has 672 valence electrons. The Morgan fingerprint density at radius 3 is 1.09 bits per heavy atom. The SMILES string of the molecule is Brc1ccc2c3ccccc3n(-c3ccccc3)c2c1.C.Clc1ccc2c(c1)C1(c3ccccc3Oc3ccccc31)c1cccc3cccc-2c13.c1ccc(-n2c3ccccc3c3ccc(N(c4ccc5c(c4)C4(c6ccccc6Oc6ccccc64)c4cccc6cccc-5c46)c4cccc5ccccc45)cc32)cc1.c1ccc(-n2c3ccccc3c3ccc(Nc4cccc5ccccc45)cc32)cc1.